The molecule has 0 saturated heterocycles. The third kappa shape index (κ3) is 2.22. The van der Waals surface area contributed by atoms with Crippen molar-refractivity contribution in [1.29, 1.82) is 0 Å². The number of hydrogen-bond donors (Lipinski definition) is 1. The number of aromatic nitrogens is 2. The molecule has 0 radical (unpaired) electrons. The van der Waals surface area contributed by atoms with Crippen LogP contribution in [0.15, 0.2) is 29.3 Å². The summed E-state index contributed by atoms with van der Waals surface area (Å²) in [4.78, 5) is 1.16. The van der Waals surface area contributed by atoms with Crippen molar-refractivity contribution >= 4 is 29.2 Å². The molecule has 0 atom stereocenters. The summed E-state index contributed by atoms with van der Waals surface area (Å²) in [7, 11) is 1.83. The van der Waals surface area contributed by atoms with E-state index in [1.54, 1.807) is 10.9 Å². The number of nitrogen functional groups attached to an aromatic ring is 1. The SMILES string of the molecule is Cn1ncc(-c2ccc(SC3CC3)c(Cl)c2)c1N. The maximum atomic E-state index is 6.32. The number of hydrogen-bond acceptors (Lipinski definition) is 3. The molecule has 18 heavy (non-hydrogen) atoms. The number of aryl methyl sites for hydroxylation is 1. The summed E-state index contributed by atoms with van der Waals surface area (Å²) >= 11 is 8.19. The van der Waals surface area contributed by atoms with E-state index in [4.69, 9.17) is 17.3 Å². The molecule has 0 amide bonds. The number of benzene rings is 1. The Bertz CT molecular complexity index is 590. The molecule has 2 N–H and O–H groups in total. The predicted molar refractivity (Wildman–Crippen MR) is 76.9 cm³/mol. The van der Waals surface area contributed by atoms with E-state index in [2.05, 4.69) is 17.2 Å². The molecule has 1 saturated carbocycles. The Hall–Kier alpha value is -1.13. The Kier molecular flexibility index (Phi) is 2.99. The Morgan fingerprint density at radius 2 is 2.22 bits per heavy atom. The van der Waals surface area contributed by atoms with Crippen LogP contribution in [-0.4, -0.2) is 15.0 Å². The lowest BCUT2D eigenvalue weighted by Crippen LogP contribution is -1.98. The van der Waals surface area contributed by atoms with Crippen LogP contribution >= 0.6 is 23.4 Å². The molecule has 0 spiro atoms. The first-order valence-electron chi connectivity index (χ1n) is 5.89. The molecule has 0 bridgehead atoms. The van der Waals surface area contributed by atoms with Crippen LogP contribution in [0.3, 0.4) is 0 Å². The molecule has 94 valence electrons. The fraction of sp³-hybridized carbons (Fsp3) is 0.308. The molecule has 1 aliphatic carbocycles. The van der Waals surface area contributed by atoms with Gasteiger partial charge in [-0.25, -0.2) is 0 Å². The van der Waals surface area contributed by atoms with E-state index in [-0.39, 0.29) is 0 Å². The molecule has 3 nitrogen and oxygen atoms in total. The zero-order valence-electron chi connectivity index (χ0n) is 10.1. The van der Waals surface area contributed by atoms with E-state index in [1.807, 2.05) is 24.9 Å². The van der Waals surface area contributed by atoms with Crippen LogP contribution in [0.1, 0.15) is 12.8 Å². The molecule has 2 aromatic rings. The summed E-state index contributed by atoms with van der Waals surface area (Å²) in [5.41, 5.74) is 7.92. The molecule has 3 rings (SSSR count). The second-order valence-electron chi connectivity index (χ2n) is 4.53. The third-order valence-corrected chi connectivity index (χ3v) is 4.88. The van der Waals surface area contributed by atoms with Gasteiger partial charge in [-0.1, -0.05) is 17.7 Å². The molecule has 0 unspecified atom stereocenters. The minimum Gasteiger partial charge on any atom is -0.383 e. The molecular formula is C13H14ClN3S. The highest BCUT2D eigenvalue weighted by molar-refractivity contribution is 8.00. The minimum atomic E-state index is 0.661. The van der Waals surface area contributed by atoms with Gasteiger partial charge in [-0.05, 0) is 30.5 Å². The van der Waals surface area contributed by atoms with E-state index in [1.165, 1.54) is 12.8 Å². The lowest BCUT2D eigenvalue weighted by atomic mass is 10.1. The molecular weight excluding hydrogens is 266 g/mol. The van der Waals surface area contributed by atoms with Gasteiger partial charge in [-0.3, -0.25) is 4.68 Å². The molecule has 1 fully saturated rings. The fourth-order valence-electron chi connectivity index (χ4n) is 1.80. The van der Waals surface area contributed by atoms with E-state index < -0.39 is 0 Å². The standard InChI is InChI=1S/C13H14ClN3S/c1-17-13(15)10(7-16-17)8-2-5-12(11(14)6-8)18-9-3-4-9/h2,5-7,9H,3-4,15H2,1H3. The molecule has 0 aliphatic heterocycles. The lowest BCUT2D eigenvalue weighted by molar-refractivity contribution is 0.779. The fourth-order valence-corrected chi connectivity index (χ4v) is 3.16. The van der Waals surface area contributed by atoms with Crippen LogP contribution in [0, 0.1) is 0 Å². The van der Waals surface area contributed by atoms with Crippen molar-refractivity contribution in [1.82, 2.24) is 9.78 Å². The highest BCUT2D eigenvalue weighted by atomic mass is 35.5. The number of halogens is 1. The summed E-state index contributed by atoms with van der Waals surface area (Å²) in [6, 6.07) is 6.11. The number of nitrogens with zero attached hydrogens (tertiary/aromatic N) is 2. The van der Waals surface area contributed by atoms with Crippen molar-refractivity contribution in [2.45, 2.75) is 23.0 Å². The second-order valence-corrected chi connectivity index (χ2v) is 6.28. The van der Waals surface area contributed by atoms with Crippen LogP contribution in [0.25, 0.3) is 11.1 Å². The largest absolute Gasteiger partial charge is 0.383 e. The van der Waals surface area contributed by atoms with E-state index in [0.29, 0.717) is 5.82 Å². The molecule has 1 aliphatic rings. The average molecular weight is 280 g/mol. The normalized spacial score (nSPS) is 15.0. The van der Waals surface area contributed by atoms with Gasteiger partial charge >= 0.3 is 0 Å². The van der Waals surface area contributed by atoms with Crippen LogP contribution in [-0.2, 0) is 7.05 Å². The van der Waals surface area contributed by atoms with Crippen molar-refractivity contribution in [3.63, 3.8) is 0 Å². The summed E-state index contributed by atoms with van der Waals surface area (Å²) in [5, 5.41) is 5.71. The number of nitrogens with two attached hydrogens (primary N) is 1. The molecule has 1 aromatic carbocycles. The van der Waals surface area contributed by atoms with Gasteiger partial charge in [0.2, 0.25) is 0 Å². The van der Waals surface area contributed by atoms with Crippen LogP contribution in [0.5, 0.6) is 0 Å². The van der Waals surface area contributed by atoms with Gasteiger partial charge in [-0.2, -0.15) is 5.10 Å². The molecule has 1 aromatic heterocycles. The molecule has 1 heterocycles. The van der Waals surface area contributed by atoms with Gasteiger partial charge < -0.3 is 5.73 Å². The zero-order chi connectivity index (χ0) is 12.7. The van der Waals surface area contributed by atoms with E-state index in [0.717, 1.165) is 26.3 Å². The maximum absolute atomic E-state index is 6.32. The lowest BCUT2D eigenvalue weighted by Gasteiger charge is -2.06. The predicted octanol–water partition coefficient (Wildman–Crippen LogP) is 3.58. The topological polar surface area (TPSA) is 43.8 Å². The van der Waals surface area contributed by atoms with Crippen molar-refractivity contribution < 1.29 is 0 Å². The van der Waals surface area contributed by atoms with E-state index in [9.17, 15) is 0 Å². The first-order chi connectivity index (χ1) is 8.65. The quantitative estimate of drug-likeness (QED) is 0.934. The van der Waals surface area contributed by atoms with Crippen molar-refractivity contribution in [3.05, 3.63) is 29.4 Å². The van der Waals surface area contributed by atoms with Crippen LogP contribution in [0.2, 0.25) is 5.02 Å². The van der Waals surface area contributed by atoms with Gasteiger partial charge in [0, 0.05) is 22.8 Å². The van der Waals surface area contributed by atoms with Gasteiger partial charge in [0.15, 0.2) is 0 Å². The maximum Gasteiger partial charge on any atom is 0.129 e. The second kappa shape index (κ2) is 4.52. The highest BCUT2D eigenvalue weighted by Gasteiger charge is 2.23. The molecule has 5 heteroatoms. The summed E-state index contributed by atoms with van der Waals surface area (Å²) < 4.78 is 1.66. The first kappa shape index (κ1) is 11.9. The van der Waals surface area contributed by atoms with Crippen LogP contribution in [0.4, 0.5) is 5.82 Å². The zero-order valence-corrected chi connectivity index (χ0v) is 11.6. The van der Waals surface area contributed by atoms with Gasteiger partial charge in [0.1, 0.15) is 5.82 Å². The van der Waals surface area contributed by atoms with Crippen LogP contribution < -0.4 is 5.73 Å². The number of rotatable bonds is 3. The monoisotopic (exact) mass is 279 g/mol. The van der Waals surface area contributed by atoms with Gasteiger partial charge in [-0.15, -0.1) is 11.8 Å². The minimum absolute atomic E-state index is 0.661. The number of thioether (sulfide) groups is 1. The summed E-state index contributed by atoms with van der Waals surface area (Å²) in [5.74, 6) is 0.661. The Labute approximate surface area is 115 Å². The smallest absolute Gasteiger partial charge is 0.129 e. The average Bonchev–Trinajstić information content (AvgIpc) is 3.10. The van der Waals surface area contributed by atoms with E-state index >= 15 is 0 Å². The highest BCUT2D eigenvalue weighted by Crippen LogP contribution is 2.42. The Morgan fingerprint density at radius 3 is 2.78 bits per heavy atom. The Balaban J connectivity index is 1.93. The summed E-state index contributed by atoms with van der Waals surface area (Å²) in [6.07, 6.45) is 4.38. The van der Waals surface area contributed by atoms with Crippen molar-refractivity contribution in [2.75, 3.05) is 5.73 Å². The number of anilines is 1. The van der Waals surface area contributed by atoms with Gasteiger partial charge in [0.05, 0.1) is 11.2 Å². The van der Waals surface area contributed by atoms with Gasteiger partial charge in [0.25, 0.3) is 0 Å². The summed E-state index contributed by atoms with van der Waals surface area (Å²) in [6.45, 7) is 0. The third-order valence-electron chi connectivity index (χ3n) is 3.05. The van der Waals surface area contributed by atoms with Crippen molar-refractivity contribution in [2.24, 2.45) is 7.05 Å². The first-order valence-corrected chi connectivity index (χ1v) is 7.15. The van der Waals surface area contributed by atoms with Crippen molar-refractivity contribution in [3.8, 4) is 11.1 Å². The Morgan fingerprint density at radius 1 is 1.44 bits per heavy atom.